The molecule has 3 N–H and O–H groups in total. The van der Waals surface area contributed by atoms with Gasteiger partial charge < -0.3 is 19.9 Å². The van der Waals surface area contributed by atoms with E-state index >= 15 is 0 Å². The molecule has 1 aliphatic heterocycles. The number of allylic oxidation sites excluding steroid dienone is 1. The molecule has 0 fully saturated rings. The van der Waals surface area contributed by atoms with Crippen molar-refractivity contribution in [3.8, 4) is 17.0 Å². The third-order valence-corrected chi connectivity index (χ3v) is 9.39. The van der Waals surface area contributed by atoms with Crippen molar-refractivity contribution in [3.63, 3.8) is 0 Å². The van der Waals surface area contributed by atoms with Gasteiger partial charge in [-0.25, -0.2) is 0 Å². The van der Waals surface area contributed by atoms with Crippen LogP contribution in [0, 0.1) is 0 Å². The van der Waals surface area contributed by atoms with Gasteiger partial charge in [-0.15, -0.1) is 0 Å². The van der Waals surface area contributed by atoms with E-state index in [1.54, 1.807) is 7.11 Å². The van der Waals surface area contributed by atoms with Crippen LogP contribution < -0.4 is 20.1 Å². The predicted molar refractivity (Wildman–Crippen MR) is 199 cm³/mol. The molecule has 2 aromatic carbocycles. The molecule has 2 heterocycles. The molecule has 254 valence electrons. The van der Waals surface area contributed by atoms with Crippen LogP contribution in [0.15, 0.2) is 53.2 Å². The lowest BCUT2D eigenvalue weighted by Crippen LogP contribution is -2.31. The Balaban J connectivity index is 2.08. The number of ether oxygens (including phenoxy) is 1. The number of carbonyl (C=O) groups is 2. The Kier molecular flexibility index (Phi) is 12.7. The summed E-state index contributed by atoms with van der Waals surface area (Å²) in [7, 11) is 1.70. The standard InChI is InChI=1S/C39H54N4O3S/c1-10-13-27(14-11-2)35-33-17-15-28(39(45)42-47-25(6)7)22-34(33)43-23-30(20-29-21-31(46-9)16-18-32(29)37(35)43)36(41-24(4)5)26(8)38(44)40-19-12-3/h15-18,20-22,24-25,27,41H,10-14,19,23H2,1-9H3,(H,40,44)(H,42,45)/b36-26+. The Hall–Kier alpha value is -3.65. The van der Waals surface area contributed by atoms with E-state index in [4.69, 9.17) is 4.74 Å². The monoisotopic (exact) mass is 658 g/mol. The molecule has 7 nitrogen and oxygen atoms in total. The lowest BCUT2D eigenvalue weighted by molar-refractivity contribution is -0.117. The van der Waals surface area contributed by atoms with E-state index in [-0.39, 0.29) is 23.1 Å². The minimum atomic E-state index is -0.0959. The van der Waals surface area contributed by atoms with Crippen LogP contribution in [0.4, 0.5) is 0 Å². The predicted octanol–water partition coefficient (Wildman–Crippen LogP) is 8.98. The number of methoxy groups -OCH3 is 1. The second-order valence-electron chi connectivity index (χ2n) is 13.1. The van der Waals surface area contributed by atoms with Gasteiger partial charge in [0, 0.05) is 51.1 Å². The molecule has 1 aliphatic rings. The molecule has 47 heavy (non-hydrogen) atoms. The fraction of sp³-hybridized carbons (Fsp3) is 0.487. The maximum Gasteiger partial charge on any atom is 0.261 e. The highest BCUT2D eigenvalue weighted by atomic mass is 32.2. The maximum atomic E-state index is 13.4. The van der Waals surface area contributed by atoms with Crippen LogP contribution in [-0.4, -0.2) is 41.3 Å². The third kappa shape index (κ3) is 8.26. The number of rotatable bonds is 15. The summed E-state index contributed by atoms with van der Waals surface area (Å²) in [6, 6.07) is 12.6. The SMILES string of the molecule is CCCNC(=O)/C(C)=C(/NC(C)C)C1=Cc2cc(OC)ccc2-c2c(C(CCC)CCC)c3ccc(C(=O)NSC(C)C)cc3n2C1. The fourth-order valence-electron chi connectivity index (χ4n) is 6.52. The molecule has 1 aromatic heterocycles. The molecule has 0 unspecified atom stereocenters. The van der Waals surface area contributed by atoms with Crippen LogP contribution >= 0.6 is 11.9 Å². The van der Waals surface area contributed by atoms with Gasteiger partial charge in [0.15, 0.2) is 0 Å². The van der Waals surface area contributed by atoms with E-state index in [2.05, 4.69) is 98.7 Å². The molecule has 2 amide bonds. The van der Waals surface area contributed by atoms with Crippen molar-refractivity contribution in [2.24, 2.45) is 0 Å². The van der Waals surface area contributed by atoms with Gasteiger partial charge in [0.25, 0.3) is 5.91 Å². The van der Waals surface area contributed by atoms with Gasteiger partial charge in [-0.3, -0.25) is 14.3 Å². The van der Waals surface area contributed by atoms with Crippen LogP contribution in [0.3, 0.4) is 0 Å². The van der Waals surface area contributed by atoms with Crippen LogP contribution in [0.1, 0.15) is 115 Å². The van der Waals surface area contributed by atoms with Gasteiger partial charge in [0.05, 0.1) is 19.3 Å². The molecule has 0 spiro atoms. The molecular formula is C39H54N4O3S. The first-order valence-electron chi connectivity index (χ1n) is 17.3. The number of fused-ring (bicyclic) bond motifs is 5. The molecule has 0 aliphatic carbocycles. The van der Waals surface area contributed by atoms with Gasteiger partial charge in [-0.2, -0.15) is 0 Å². The van der Waals surface area contributed by atoms with E-state index in [0.717, 1.165) is 65.8 Å². The number of aromatic nitrogens is 1. The van der Waals surface area contributed by atoms with E-state index < -0.39 is 0 Å². The average Bonchev–Trinajstić information content (AvgIpc) is 3.26. The van der Waals surface area contributed by atoms with Crippen molar-refractivity contribution in [1.29, 1.82) is 0 Å². The maximum absolute atomic E-state index is 13.4. The molecule has 0 saturated heterocycles. The highest BCUT2D eigenvalue weighted by Crippen LogP contribution is 2.46. The fourth-order valence-corrected chi connectivity index (χ4v) is 6.98. The molecule has 0 atom stereocenters. The van der Waals surface area contributed by atoms with Crippen molar-refractivity contribution < 1.29 is 14.3 Å². The average molecular weight is 659 g/mol. The number of benzene rings is 2. The quantitative estimate of drug-likeness (QED) is 0.112. The Morgan fingerprint density at radius 2 is 1.70 bits per heavy atom. The summed E-state index contributed by atoms with van der Waals surface area (Å²) in [6.07, 6.45) is 7.41. The van der Waals surface area contributed by atoms with Crippen LogP contribution in [0.2, 0.25) is 0 Å². The number of hydrogen-bond donors (Lipinski definition) is 3. The molecule has 4 rings (SSSR count). The van der Waals surface area contributed by atoms with Gasteiger partial charge in [0.1, 0.15) is 5.75 Å². The number of hydrogen-bond acceptors (Lipinski definition) is 5. The minimum Gasteiger partial charge on any atom is -0.497 e. The summed E-state index contributed by atoms with van der Waals surface area (Å²) in [5.41, 5.74) is 8.86. The summed E-state index contributed by atoms with van der Waals surface area (Å²) in [6.45, 7) is 18.0. The normalized spacial score (nSPS) is 13.2. The first-order chi connectivity index (χ1) is 22.5. The first-order valence-corrected chi connectivity index (χ1v) is 18.2. The van der Waals surface area contributed by atoms with E-state index in [0.29, 0.717) is 30.1 Å². The second kappa shape index (κ2) is 16.4. The van der Waals surface area contributed by atoms with E-state index in [1.165, 1.54) is 28.6 Å². The molecular weight excluding hydrogens is 605 g/mol. The molecule has 3 aromatic rings. The van der Waals surface area contributed by atoms with Gasteiger partial charge in [0.2, 0.25) is 5.91 Å². The number of amides is 2. The summed E-state index contributed by atoms with van der Waals surface area (Å²) in [4.78, 5) is 26.8. The molecule has 8 heteroatoms. The molecule has 0 bridgehead atoms. The highest BCUT2D eigenvalue weighted by molar-refractivity contribution is 7.98. The number of carbonyl (C=O) groups excluding carboxylic acids is 2. The van der Waals surface area contributed by atoms with Gasteiger partial charge in [-0.05, 0) is 111 Å². The summed E-state index contributed by atoms with van der Waals surface area (Å²) < 4.78 is 11.1. The van der Waals surface area contributed by atoms with Crippen LogP contribution in [-0.2, 0) is 11.3 Å². The summed E-state index contributed by atoms with van der Waals surface area (Å²) in [5, 5.41) is 8.18. The summed E-state index contributed by atoms with van der Waals surface area (Å²) in [5.74, 6) is 0.977. The second-order valence-corrected chi connectivity index (χ2v) is 14.5. The van der Waals surface area contributed by atoms with Crippen molar-refractivity contribution in [1.82, 2.24) is 19.9 Å². The van der Waals surface area contributed by atoms with Gasteiger partial charge >= 0.3 is 0 Å². The summed E-state index contributed by atoms with van der Waals surface area (Å²) >= 11 is 1.43. The largest absolute Gasteiger partial charge is 0.497 e. The van der Waals surface area contributed by atoms with E-state index in [1.807, 2.05) is 19.1 Å². The number of nitrogens with zero attached hydrogens (tertiary/aromatic N) is 1. The van der Waals surface area contributed by atoms with Crippen molar-refractivity contribution in [3.05, 3.63) is 69.9 Å². The lowest BCUT2D eigenvalue weighted by atomic mass is 9.86. The van der Waals surface area contributed by atoms with Crippen LogP contribution in [0.5, 0.6) is 5.75 Å². The molecule has 0 saturated carbocycles. The smallest absolute Gasteiger partial charge is 0.261 e. The van der Waals surface area contributed by atoms with Crippen molar-refractivity contribution >= 4 is 40.7 Å². The minimum absolute atomic E-state index is 0.0724. The van der Waals surface area contributed by atoms with Crippen molar-refractivity contribution in [2.45, 2.75) is 111 Å². The Morgan fingerprint density at radius 3 is 2.32 bits per heavy atom. The van der Waals surface area contributed by atoms with Gasteiger partial charge in [-0.1, -0.05) is 53.5 Å². The Bertz CT molecular complexity index is 1640. The lowest BCUT2D eigenvalue weighted by Gasteiger charge is -2.21. The van der Waals surface area contributed by atoms with Crippen molar-refractivity contribution in [2.75, 3.05) is 13.7 Å². The Morgan fingerprint density at radius 1 is 0.979 bits per heavy atom. The zero-order chi connectivity index (χ0) is 34.2. The molecule has 0 radical (unpaired) electrons. The third-order valence-electron chi connectivity index (χ3n) is 8.61. The topological polar surface area (TPSA) is 84.4 Å². The highest BCUT2D eigenvalue weighted by Gasteiger charge is 2.30. The Labute approximate surface area is 286 Å². The van der Waals surface area contributed by atoms with Crippen LogP contribution in [0.25, 0.3) is 28.2 Å². The first kappa shape index (κ1) is 36.2. The number of nitrogens with one attached hydrogen (secondary N) is 3. The zero-order valence-electron chi connectivity index (χ0n) is 29.8. The van der Waals surface area contributed by atoms with E-state index in [9.17, 15) is 9.59 Å². The zero-order valence-corrected chi connectivity index (χ0v) is 30.6.